The summed E-state index contributed by atoms with van der Waals surface area (Å²) in [6.07, 6.45) is -0.0761. The maximum absolute atomic E-state index is 14.7. The van der Waals surface area contributed by atoms with Gasteiger partial charge in [-0.05, 0) is 20.3 Å². The third-order valence-corrected chi connectivity index (χ3v) is 5.36. The predicted molar refractivity (Wildman–Crippen MR) is 87.2 cm³/mol. The van der Waals surface area contributed by atoms with Crippen LogP contribution in [-0.4, -0.2) is 30.6 Å². The highest BCUT2D eigenvalue weighted by Gasteiger charge is 2.57. The van der Waals surface area contributed by atoms with Gasteiger partial charge in [-0.3, -0.25) is 4.99 Å². The lowest BCUT2D eigenvalue weighted by Crippen LogP contribution is -2.49. The van der Waals surface area contributed by atoms with E-state index in [1.54, 1.807) is 13.8 Å². The number of benzene rings is 1. The summed E-state index contributed by atoms with van der Waals surface area (Å²) in [4.78, 5) is 20.8. The molecule has 0 saturated carbocycles. The van der Waals surface area contributed by atoms with E-state index in [1.807, 2.05) is 0 Å². The van der Waals surface area contributed by atoms with Crippen molar-refractivity contribution in [3.8, 4) is 6.07 Å². The van der Waals surface area contributed by atoms with Gasteiger partial charge in [0.25, 0.3) is 4.92 Å². The molecule has 138 valence electrons. The average molecular weight is 365 g/mol. The summed E-state index contributed by atoms with van der Waals surface area (Å²) in [5.41, 5.74) is 3.33. The summed E-state index contributed by atoms with van der Waals surface area (Å²) in [5.74, 6) is -2.71. The van der Waals surface area contributed by atoms with Gasteiger partial charge in [-0.2, -0.15) is 5.26 Å². The molecule has 3 rings (SSSR count). The van der Waals surface area contributed by atoms with Crippen LogP contribution in [0.25, 0.3) is 0 Å². The lowest BCUT2D eigenvalue weighted by atomic mass is 9.67. The number of rotatable bonds is 3. The molecule has 2 N–H and O–H groups in total. The molecule has 9 heteroatoms. The first-order valence-corrected chi connectivity index (χ1v) is 8.08. The molecular formula is C17H19F2N4O3+. The highest BCUT2D eigenvalue weighted by atomic mass is 19.2. The predicted octanol–water partition coefficient (Wildman–Crippen LogP) is 2.46. The van der Waals surface area contributed by atoms with E-state index in [-0.39, 0.29) is 41.1 Å². The van der Waals surface area contributed by atoms with Gasteiger partial charge in [0, 0.05) is 17.5 Å². The first-order valence-electron chi connectivity index (χ1n) is 8.08. The van der Waals surface area contributed by atoms with Gasteiger partial charge in [-0.25, -0.2) is 13.6 Å². The van der Waals surface area contributed by atoms with Gasteiger partial charge in [0.15, 0.2) is 18.7 Å². The second kappa shape index (κ2) is 5.99. The van der Waals surface area contributed by atoms with Crippen LogP contribution >= 0.6 is 0 Å². The Hall–Kier alpha value is -2.60. The number of hydrogen-bond acceptors (Lipinski definition) is 6. The van der Waals surface area contributed by atoms with Gasteiger partial charge in [-0.1, -0.05) is 0 Å². The Bertz CT molecular complexity index is 853. The minimum Gasteiger partial charge on any atom is -0.386 e. The first-order chi connectivity index (χ1) is 12.2. The van der Waals surface area contributed by atoms with Gasteiger partial charge in [0.05, 0.1) is 29.8 Å². The third kappa shape index (κ3) is 2.44. The summed E-state index contributed by atoms with van der Waals surface area (Å²) in [6, 6.07) is 4.07. The van der Waals surface area contributed by atoms with E-state index < -0.39 is 28.5 Å². The molecule has 26 heavy (non-hydrogen) atoms. The lowest BCUT2D eigenvalue weighted by molar-refractivity contribution is -0.736. The molecule has 0 radical (unpaired) electrons. The fraction of sp³-hybridized carbons (Fsp3) is 0.529. The Morgan fingerprint density at radius 3 is 2.81 bits per heavy atom. The topological polar surface area (TPSA) is 101 Å². The van der Waals surface area contributed by atoms with Crippen molar-refractivity contribution in [1.29, 1.82) is 5.26 Å². The van der Waals surface area contributed by atoms with Crippen LogP contribution < -0.4 is 5.73 Å². The van der Waals surface area contributed by atoms with Crippen LogP contribution in [0.5, 0.6) is 0 Å². The standard InChI is InChI=1S/C17H19F2N4O3/c1-9-12-6-16(2,7-20)15(21)22-17(12,8-26-9)11-4-10(23(24)25-3)5-13(18)14(11)19/h4-5,9,12H,6,8H2,1-3H3,(H2,21,22)/q+1/t9-,12-,16+,17?/m1/s1. The molecule has 7 nitrogen and oxygen atoms in total. The van der Waals surface area contributed by atoms with Crippen LogP contribution in [0.1, 0.15) is 25.8 Å². The van der Waals surface area contributed by atoms with Crippen molar-refractivity contribution in [2.75, 3.05) is 13.7 Å². The van der Waals surface area contributed by atoms with Crippen LogP contribution in [0.15, 0.2) is 17.1 Å². The van der Waals surface area contributed by atoms with Crippen molar-refractivity contribution in [2.45, 2.75) is 31.9 Å². The molecule has 0 bridgehead atoms. The second-order valence-electron chi connectivity index (χ2n) is 6.92. The number of hydrogen-bond donors (Lipinski definition) is 1. The van der Waals surface area contributed by atoms with E-state index in [9.17, 15) is 18.9 Å². The Kier molecular flexibility index (Phi) is 4.19. The summed E-state index contributed by atoms with van der Waals surface area (Å²) >= 11 is 0. The molecular weight excluding hydrogens is 346 g/mol. The zero-order valence-corrected chi connectivity index (χ0v) is 14.6. The van der Waals surface area contributed by atoms with Crippen molar-refractivity contribution in [1.82, 2.24) is 0 Å². The molecule has 2 aliphatic heterocycles. The molecule has 1 aromatic rings. The van der Waals surface area contributed by atoms with E-state index in [4.69, 9.17) is 10.5 Å². The Morgan fingerprint density at radius 2 is 2.19 bits per heavy atom. The highest BCUT2D eigenvalue weighted by molar-refractivity contribution is 5.90. The van der Waals surface area contributed by atoms with Crippen LogP contribution in [-0.2, 0) is 15.1 Å². The average Bonchev–Trinajstić information content (AvgIpc) is 2.93. The molecule has 1 saturated heterocycles. The molecule has 0 amide bonds. The van der Waals surface area contributed by atoms with Crippen molar-refractivity contribution in [3.05, 3.63) is 34.2 Å². The van der Waals surface area contributed by atoms with E-state index in [2.05, 4.69) is 15.9 Å². The van der Waals surface area contributed by atoms with Gasteiger partial charge in [-0.15, -0.1) is 0 Å². The van der Waals surface area contributed by atoms with E-state index in [0.29, 0.717) is 0 Å². The Labute approximate surface area is 148 Å². The van der Waals surface area contributed by atoms with Gasteiger partial charge >= 0.3 is 5.69 Å². The number of aliphatic imine (C=N–C) groups is 1. The number of halogens is 2. The van der Waals surface area contributed by atoms with Crippen molar-refractivity contribution >= 4 is 11.5 Å². The largest absolute Gasteiger partial charge is 0.386 e. The number of nitrogens with two attached hydrogens (primary N) is 1. The SMILES string of the molecule is CO[N+](=O)c1cc(F)c(F)c(C23CO[C@H](C)[C@H]2C[C@@](C)(C#N)C(N)=N3)c1. The molecule has 1 fully saturated rings. The van der Waals surface area contributed by atoms with Gasteiger partial charge in [0.1, 0.15) is 16.8 Å². The molecule has 2 aliphatic rings. The van der Waals surface area contributed by atoms with Crippen LogP contribution in [0.3, 0.4) is 0 Å². The number of nitrogens with zero attached hydrogens (tertiary/aromatic N) is 3. The quantitative estimate of drug-likeness (QED) is 0.829. The zero-order valence-electron chi connectivity index (χ0n) is 14.6. The summed E-state index contributed by atoms with van der Waals surface area (Å²) < 4.78 is 34.6. The van der Waals surface area contributed by atoms with Gasteiger partial charge in [0.2, 0.25) is 0 Å². The van der Waals surface area contributed by atoms with E-state index in [1.165, 1.54) is 6.07 Å². The first kappa shape index (κ1) is 18.2. The van der Waals surface area contributed by atoms with E-state index in [0.717, 1.165) is 13.2 Å². The number of fused-ring (bicyclic) bond motifs is 1. The molecule has 0 spiro atoms. The fourth-order valence-corrected chi connectivity index (χ4v) is 3.74. The van der Waals surface area contributed by atoms with Gasteiger partial charge < -0.3 is 10.5 Å². The minimum atomic E-state index is -1.31. The molecule has 1 aromatic carbocycles. The normalized spacial score (nSPS) is 33.2. The Balaban J connectivity index is 2.26. The monoisotopic (exact) mass is 365 g/mol. The number of nitriles is 1. The van der Waals surface area contributed by atoms with Crippen LogP contribution in [0, 0.1) is 39.2 Å². The van der Waals surface area contributed by atoms with Crippen LogP contribution in [0.4, 0.5) is 14.5 Å². The number of amidine groups is 1. The maximum atomic E-state index is 14.7. The highest BCUT2D eigenvalue weighted by Crippen LogP contribution is 2.52. The molecule has 4 atom stereocenters. The zero-order chi connectivity index (χ0) is 19.3. The fourth-order valence-electron chi connectivity index (χ4n) is 3.74. The molecule has 0 aromatic heterocycles. The molecule has 0 aliphatic carbocycles. The minimum absolute atomic E-state index is 0.0323. The van der Waals surface area contributed by atoms with Crippen molar-refractivity contribution in [2.24, 2.45) is 22.1 Å². The Morgan fingerprint density at radius 1 is 1.50 bits per heavy atom. The van der Waals surface area contributed by atoms with Crippen molar-refractivity contribution < 1.29 is 23.3 Å². The van der Waals surface area contributed by atoms with E-state index >= 15 is 0 Å². The lowest BCUT2D eigenvalue weighted by Gasteiger charge is -2.41. The smallest absolute Gasteiger partial charge is 0.320 e. The van der Waals surface area contributed by atoms with Crippen LogP contribution in [0.2, 0.25) is 0 Å². The second-order valence-corrected chi connectivity index (χ2v) is 6.92. The van der Waals surface area contributed by atoms with Crippen molar-refractivity contribution in [3.63, 3.8) is 0 Å². The summed E-state index contributed by atoms with van der Waals surface area (Å²) in [6.45, 7) is 3.40. The summed E-state index contributed by atoms with van der Waals surface area (Å²) in [5, 5.41) is 9.48. The number of ether oxygens (including phenoxy) is 1. The molecule has 2 heterocycles. The maximum Gasteiger partial charge on any atom is 0.320 e. The third-order valence-electron chi connectivity index (χ3n) is 5.36. The summed E-state index contributed by atoms with van der Waals surface area (Å²) in [7, 11) is 1.12. The molecule has 1 unspecified atom stereocenters.